The third-order valence-electron chi connectivity index (χ3n) is 2.89. The first kappa shape index (κ1) is 11.6. The topological polar surface area (TPSA) is 32.3 Å². The van der Waals surface area contributed by atoms with Crippen molar-refractivity contribution in [1.29, 1.82) is 0 Å². The Bertz CT molecular complexity index is 333. The Morgan fingerprint density at radius 3 is 3.06 bits per heavy atom. The Morgan fingerprint density at radius 1 is 1.62 bits per heavy atom. The summed E-state index contributed by atoms with van der Waals surface area (Å²) in [4.78, 5) is 14.9. The van der Waals surface area contributed by atoms with Gasteiger partial charge in [0.25, 0.3) is 0 Å². The number of rotatable bonds is 6. The third-order valence-corrected chi connectivity index (χ3v) is 3.83. The Balaban J connectivity index is 1.58. The summed E-state index contributed by atoms with van der Waals surface area (Å²) in [6.07, 6.45) is 3.37. The Kier molecular flexibility index (Phi) is 3.96. The van der Waals surface area contributed by atoms with Crippen molar-refractivity contribution < 1.29 is 4.79 Å². The molecule has 0 saturated heterocycles. The van der Waals surface area contributed by atoms with Gasteiger partial charge in [-0.3, -0.25) is 4.79 Å². The van der Waals surface area contributed by atoms with Crippen molar-refractivity contribution in [2.24, 2.45) is 0 Å². The number of thiophene rings is 1. The summed E-state index contributed by atoms with van der Waals surface area (Å²) in [5, 5.41) is 5.29. The molecule has 16 heavy (non-hydrogen) atoms. The van der Waals surface area contributed by atoms with Crippen LogP contribution < -0.4 is 5.32 Å². The maximum Gasteiger partial charge on any atom is 0.236 e. The fraction of sp³-hybridized carbons (Fsp3) is 0.583. The lowest BCUT2D eigenvalue weighted by Crippen LogP contribution is -2.37. The number of carbonyl (C=O) groups excluding carboxylic acids is 1. The molecule has 0 unspecified atom stereocenters. The predicted octanol–water partition coefficient (Wildman–Crippen LogP) is 1.50. The van der Waals surface area contributed by atoms with E-state index in [1.165, 1.54) is 17.7 Å². The van der Waals surface area contributed by atoms with Crippen LogP contribution in [-0.2, 0) is 11.2 Å². The highest BCUT2D eigenvalue weighted by Gasteiger charge is 2.28. The molecule has 0 aromatic carbocycles. The second-order valence-corrected chi connectivity index (χ2v) is 5.27. The number of hydrogen-bond donors (Lipinski definition) is 1. The summed E-state index contributed by atoms with van der Waals surface area (Å²) in [7, 11) is 1.90. The van der Waals surface area contributed by atoms with Crippen LogP contribution in [0.2, 0.25) is 0 Å². The predicted molar refractivity (Wildman–Crippen MR) is 66.7 cm³/mol. The zero-order valence-corrected chi connectivity index (χ0v) is 10.4. The fourth-order valence-electron chi connectivity index (χ4n) is 1.65. The van der Waals surface area contributed by atoms with E-state index in [4.69, 9.17) is 0 Å². The molecule has 0 radical (unpaired) electrons. The SMILES string of the molecule is CN(C(=O)CNCCc1cccs1)C1CC1. The molecule has 1 amide bonds. The van der Waals surface area contributed by atoms with Gasteiger partial charge < -0.3 is 10.2 Å². The molecule has 1 saturated carbocycles. The van der Waals surface area contributed by atoms with Crippen molar-refractivity contribution in [3.63, 3.8) is 0 Å². The molecule has 0 bridgehead atoms. The van der Waals surface area contributed by atoms with E-state index < -0.39 is 0 Å². The van der Waals surface area contributed by atoms with Crippen LogP contribution >= 0.6 is 11.3 Å². The molecular weight excluding hydrogens is 220 g/mol. The molecule has 1 heterocycles. The highest BCUT2D eigenvalue weighted by atomic mass is 32.1. The highest BCUT2D eigenvalue weighted by molar-refractivity contribution is 7.09. The highest BCUT2D eigenvalue weighted by Crippen LogP contribution is 2.24. The van der Waals surface area contributed by atoms with Crippen LogP contribution in [0.25, 0.3) is 0 Å². The van der Waals surface area contributed by atoms with Gasteiger partial charge in [0.05, 0.1) is 6.54 Å². The molecule has 2 rings (SSSR count). The number of hydrogen-bond acceptors (Lipinski definition) is 3. The smallest absolute Gasteiger partial charge is 0.236 e. The first-order chi connectivity index (χ1) is 7.77. The summed E-state index contributed by atoms with van der Waals surface area (Å²) < 4.78 is 0. The molecule has 88 valence electrons. The van der Waals surface area contributed by atoms with E-state index in [0.29, 0.717) is 12.6 Å². The molecule has 1 aliphatic carbocycles. The van der Waals surface area contributed by atoms with Crippen LogP contribution in [0.5, 0.6) is 0 Å². The summed E-state index contributed by atoms with van der Waals surface area (Å²) in [6.45, 7) is 1.35. The minimum Gasteiger partial charge on any atom is -0.342 e. The van der Waals surface area contributed by atoms with Crippen LogP contribution in [0, 0.1) is 0 Å². The Labute approximate surface area is 100 Å². The standard InChI is InChI=1S/C12H18N2OS/c1-14(10-4-5-10)12(15)9-13-7-6-11-3-2-8-16-11/h2-3,8,10,13H,4-7,9H2,1H3. The molecule has 1 aromatic rings. The number of nitrogens with zero attached hydrogens (tertiary/aromatic N) is 1. The molecule has 0 aliphatic heterocycles. The van der Waals surface area contributed by atoms with E-state index >= 15 is 0 Å². The Hall–Kier alpha value is -0.870. The lowest BCUT2D eigenvalue weighted by atomic mass is 10.3. The average molecular weight is 238 g/mol. The normalized spacial score (nSPS) is 15.1. The van der Waals surface area contributed by atoms with Gasteiger partial charge in [-0.2, -0.15) is 0 Å². The molecular formula is C12H18N2OS. The first-order valence-electron chi connectivity index (χ1n) is 5.76. The summed E-state index contributed by atoms with van der Waals surface area (Å²) in [5.41, 5.74) is 0. The Morgan fingerprint density at radius 2 is 2.44 bits per heavy atom. The summed E-state index contributed by atoms with van der Waals surface area (Å²) in [6, 6.07) is 4.71. The van der Waals surface area contributed by atoms with Gasteiger partial charge in [0.1, 0.15) is 0 Å². The second kappa shape index (κ2) is 5.46. The first-order valence-corrected chi connectivity index (χ1v) is 6.64. The number of nitrogens with one attached hydrogen (secondary N) is 1. The minimum atomic E-state index is 0.216. The zero-order chi connectivity index (χ0) is 11.4. The van der Waals surface area contributed by atoms with Crippen LogP contribution in [0.15, 0.2) is 17.5 Å². The monoisotopic (exact) mass is 238 g/mol. The molecule has 4 heteroatoms. The van der Waals surface area contributed by atoms with Gasteiger partial charge >= 0.3 is 0 Å². The molecule has 3 nitrogen and oxygen atoms in total. The molecule has 1 aliphatic rings. The van der Waals surface area contributed by atoms with E-state index in [-0.39, 0.29) is 5.91 Å². The number of amides is 1. The lowest BCUT2D eigenvalue weighted by molar-refractivity contribution is -0.129. The van der Waals surface area contributed by atoms with Gasteiger partial charge in [0.15, 0.2) is 0 Å². The van der Waals surface area contributed by atoms with Crippen molar-refractivity contribution >= 4 is 17.2 Å². The van der Waals surface area contributed by atoms with Gasteiger partial charge in [-0.25, -0.2) is 0 Å². The third kappa shape index (κ3) is 3.32. The maximum atomic E-state index is 11.7. The maximum absolute atomic E-state index is 11.7. The van der Waals surface area contributed by atoms with Gasteiger partial charge in [-0.15, -0.1) is 11.3 Å². The minimum absolute atomic E-state index is 0.216. The van der Waals surface area contributed by atoms with Crippen molar-refractivity contribution in [3.8, 4) is 0 Å². The summed E-state index contributed by atoms with van der Waals surface area (Å²) in [5.74, 6) is 0.216. The molecule has 0 spiro atoms. The van der Waals surface area contributed by atoms with Gasteiger partial charge in [-0.1, -0.05) is 6.07 Å². The van der Waals surface area contributed by atoms with E-state index in [1.807, 2.05) is 11.9 Å². The zero-order valence-electron chi connectivity index (χ0n) is 9.61. The lowest BCUT2D eigenvalue weighted by Gasteiger charge is -2.16. The number of carbonyl (C=O) groups is 1. The van der Waals surface area contributed by atoms with Gasteiger partial charge in [0, 0.05) is 24.5 Å². The largest absolute Gasteiger partial charge is 0.342 e. The summed E-state index contributed by atoms with van der Waals surface area (Å²) >= 11 is 1.77. The van der Waals surface area contributed by atoms with Crippen LogP contribution in [-0.4, -0.2) is 37.0 Å². The molecule has 1 N–H and O–H groups in total. The average Bonchev–Trinajstić information content (AvgIpc) is 3.01. The molecule has 1 fully saturated rings. The second-order valence-electron chi connectivity index (χ2n) is 4.24. The molecule has 0 atom stereocenters. The number of likely N-dealkylation sites (N-methyl/N-ethyl adjacent to an activating group) is 1. The van der Waals surface area contributed by atoms with Crippen LogP contribution in [0.3, 0.4) is 0 Å². The van der Waals surface area contributed by atoms with E-state index in [2.05, 4.69) is 22.8 Å². The van der Waals surface area contributed by atoms with E-state index in [9.17, 15) is 4.79 Å². The quantitative estimate of drug-likeness (QED) is 0.762. The van der Waals surface area contributed by atoms with Gasteiger partial charge in [0.2, 0.25) is 5.91 Å². The van der Waals surface area contributed by atoms with Gasteiger partial charge in [-0.05, 0) is 30.7 Å². The van der Waals surface area contributed by atoms with E-state index in [0.717, 1.165) is 13.0 Å². The van der Waals surface area contributed by atoms with E-state index in [1.54, 1.807) is 11.3 Å². The van der Waals surface area contributed by atoms with Crippen LogP contribution in [0.1, 0.15) is 17.7 Å². The van der Waals surface area contributed by atoms with Crippen molar-refractivity contribution in [1.82, 2.24) is 10.2 Å². The fourth-order valence-corrected chi connectivity index (χ4v) is 2.36. The van der Waals surface area contributed by atoms with Crippen molar-refractivity contribution in [3.05, 3.63) is 22.4 Å². The van der Waals surface area contributed by atoms with Crippen molar-refractivity contribution in [2.45, 2.75) is 25.3 Å². The molecule has 1 aromatic heterocycles. The van der Waals surface area contributed by atoms with Crippen molar-refractivity contribution in [2.75, 3.05) is 20.1 Å². The van der Waals surface area contributed by atoms with Crippen LogP contribution in [0.4, 0.5) is 0 Å².